The van der Waals surface area contributed by atoms with Gasteiger partial charge in [0.1, 0.15) is 0 Å². The summed E-state index contributed by atoms with van der Waals surface area (Å²) in [5.41, 5.74) is 4.44. The highest BCUT2D eigenvalue weighted by molar-refractivity contribution is 9.10. The van der Waals surface area contributed by atoms with Crippen molar-refractivity contribution in [3.05, 3.63) is 63.5 Å². The Morgan fingerprint density at radius 1 is 1.22 bits per heavy atom. The van der Waals surface area contributed by atoms with Gasteiger partial charge in [-0.15, -0.1) is 0 Å². The minimum absolute atomic E-state index is 0.0367. The highest BCUT2D eigenvalue weighted by atomic mass is 79.9. The number of hydrogen-bond acceptors (Lipinski definition) is 2. The van der Waals surface area contributed by atoms with Crippen LogP contribution in [0.25, 0.3) is 10.9 Å². The van der Waals surface area contributed by atoms with Gasteiger partial charge in [-0.1, -0.05) is 22.0 Å². The Bertz CT molecular complexity index is 890. The molecule has 23 heavy (non-hydrogen) atoms. The maximum absolute atomic E-state index is 14.1. The summed E-state index contributed by atoms with van der Waals surface area (Å²) in [6, 6.07) is 11.3. The number of H-pyrrole nitrogens is 1. The molecule has 0 saturated carbocycles. The van der Waals surface area contributed by atoms with Crippen LogP contribution in [-0.4, -0.2) is 18.6 Å². The molecule has 5 heteroatoms. The molecule has 118 valence electrons. The molecule has 1 aromatic heterocycles. The lowest BCUT2D eigenvalue weighted by molar-refractivity contribution is 0.385. The molecule has 1 unspecified atom stereocenters. The van der Waals surface area contributed by atoms with Gasteiger partial charge in [0.15, 0.2) is 11.6 Å². The van der Waals surface area contributed by atoms with Gasteiger partial charge >= 0.3 is 0 Å². The second-order valence-corrected chi connectivity index (χ2v) is 6.65. The van der Waals surface area contributed by atoms with Crippen LogP contribution in [0.15, 0.2) is 40.9 Å². The summed E-state index contributed by atoms with van der Waals surface area (Å²) in [5.74, 6) is -0.0665. The largest absolute Gasteiger partial charge is 0.494 e. The van der Waals surface area contributed by atoms with Gasteiger partial charge in [0, 0.05) is 27.6 Å². The fraction of sp³-hybridized carbons (Fsp3) is 0.222. The van der Waals surface area contributed by atoms with Crippen molar-refractivity contribution >= 4 is 26.8 Å². The average molecular weight is 375 g/mol. The van der Waals surface area contributed by atoms with Gasteiger partial charge in [-0.25, -0.2) is 4.39 Å². The molecule has 1 aliphatic heterocycles. The summed E-state index contributed by atoms with van der Waals surface area (Å²) in [5, 5.41) is 4.71. The molecule has 0 bridgehead atoms. The third kappa shape index (κ3) is 2.44. The van der Waals surface area contributed by atoms with Crippen molar-refractivity contribution < 1.29 is 9.13 Å². The summed E-state index contributed by atoms with van der Waals surface area (Å²) in [6.45, 7) is 0.866. The average Bonchev–Trinajstić information content (AvgIpc) is 2.92. The Hall–Kier alpha value is -1.85. The van der Waals surface area contributed by atoms with E-state index in [1.807, 2.05) is 12.1 Å². The fourth-order valence-corrected chi connectivity index (χ4v) is 3.71. The molecule has 3 aromatic rings. The van der Waals surface area contributed by atoms with Crippen molar-refractivity contribution in [2.75, 3.05) is 13.7 Å². The summed E-state index contributed by atoms with van der Waals surface area (Å²) in [4.78, 5) is 3.50. The topological polar surface area (TPSA) is 37.0 Å². The third-order valence-electron chi connectivity index (χ3n) is 4.42. The van der Waals surface area contributed by atoms with Gasteiger partial charge in [0.2, 0.25) is 0 Å². The first-order valence-electron chi connectivity index (χ1n) is 7.54. The SMILES string of the molecule is COc1ccc(C2NCCc3c2[nH]c2ccc(Br)cc32)cc1F. The Labute approximate surface area is 142 Å². The standard InChI is InChI=1S/C18H16BrFN2O/c1-23-16-5-2-10(8-14(16)20)17-18-12(6-7-21-17)13-9-11(19)3-4-15(13)22-18/h2-5,8-9,17,21-22H,6-7H2,1H3. The first kappa shape index (κ1) is 14.7. The number of aromatic amines is 1. The van der Waals surface area contributed by atoms with Crippen molar-refractivity contribution in [3.63, 3.8) is 0 Å². The molecule has 0 saturated heterocycles. The quantitative estimate of drug-likeness (QED) is 0.700. The molecule has 0 spiro atoms. The number of hydrogen-bond donors (Lipinski definition) is 2. The van der Waals surface area contributed by atoms with Crippen molar-refractivity contribution in [2.24, 2.45) is 0 Å². The Morgan fingerprint density at radius 2 is 2.09 bits per heavy atom. The lowest BCUT2D eigenvalue weighted by atomic mass is 9.94. The van der Waals surface area contributed by atoms with E-state index < -0.39 is 0 Å². The van der Waals surface area contributed by atoms with Crippen LogP contribution < -0.4 is 10.1 Å². The molecule has 1 atom stereocenters. The zero-order chi connectivity index (χ0) is 16.0. The van der Waals surface area contributed by atoms with Crippen LogP contribution in [0.4, 0.5) is 4.39 Å². The molecule has 2 aromatic carbocycles. The zero-order valence-electron chi connectivity index (χ0n) is 12.6. The first-order valence-corrected chi connectivity index (χ1v) is 8.33. The zero-order valence-corrected chi connectivity index (χ0v) is 14.2. The van der Waals surface area contributed by atoms with Crippen molar-refractivity contribution in [3.8, 4) is 5.75 Å². The van der Waals surface area contributed by atoms with Gasteiger partial charge in [-0.3, -0.25) is 0 Å². The molecule has 0 aliphatic carbocycles. The van der Waals surface area contributed by atoms with Gasteiger partial charge < -0.3 is 15.0 Å². The van der Waals surface area contributed by atoms with Crippen LogP contribution in [0.5, 0.6) is 5.75 Å². The van der Waals surface area contributed by atoms with E-state index in [1.165, 1.54) is 18.1 Å². The number of fused-ring (bicyclic) bond motifs is 3. The van der Waals surface area contributed by atoms with Gasteiger partial charge in [-0.2, -0.15) is 0 Å². The molecule has 1 aliphatic rings. The number of benzene rings is 2. The fourth-order valence-electron chi connectivity index (χ4n) is 3.35. The third-order valence-corrected chi connectivity index (χ3v) is 4.92. The second-order valence-electron chi connectivity index (χ2n) is 5.74. The van der Waals surface area contributed by atoms with E-state index >= 15 is 0 Å². The van der Waals surface area contributed by atoms with Crippen LogP contribution in [0.2, 0.25) is 0 Å². The first-order chi connectivity index (χ1) is 11.2. The van der Waals surface area contributed by atoms with E-state index in [1.54, 1.807) is 12.1 Å². The summed E-state index contributed by atoms with van der Waals surface area (Å²) in [6.07, 6.45) is 0.959. The molecule has 2 N–H and O–H groups in total. The normalized spacial score (nSPS) is 17.3. The van der Waals surface area contributed by atoms with E-state index in [2.05, 4.69) is 38.4 Å². The predicted molar refractivity (Wildman–Crippen MR) is 92.5 cm³/mol. The number of aromatic nitrogens is 1. The van der Waals surface area contributed by atoms with Crippen LogP contribution >= 0.6 is 15.9 Å². The Kier molecular flexibility index (Phi) is 3.62. The monoisotopic (exact) mass is 374 g/mol. The number of ether oxygens (including phenoxy) is 1. The maximum Gasteiger partial charge on any atom is 0.165 e. The van der Waals surface area contributed by atoms with Crippen molar-refractivity contribution in [1.29, 1.82) is 0 Å². The lowest BCUT2D eigenvalue weighted by Gasteiger charge is -2.25. The number of nitrogens with one attached hydrogen (secondary N) is 2. The summed E-state index contributed by atoms with van der Waals surface area (Å²) >= 11 is 3.54. The number of rotatable bonds is 2. The molecule has 0 amide bonds. The van der Waals surface area contributed by atoms with E-state index in [0.717, 1.165) is 34.2 Å². The van der Waals surface area contributed by atoms with E-state index in [4.69, 9.17) is 4.74 Å². The minimum atomic E-state index is -0.335. The van der Waals surface area contributed by atoms with Crippen LogP contribution in [0.3, 0.4) is 0 Å². The predicted octanol–water partition coefficient (Wildman–Crippen LogP) is 4.31. The highest BCUT2D eigenvalue weighted by Gasteiger charge is 2.25. The smallest absolute Gasteiger partial charge is 0.165 e. The summed E-state index contributed by atoms with van der Waals surface area (Å²) in [7, 11) is 1.48. The molecule has 2 heterocycles. The minimum Gasteiger partial charge on any atom is -0.494 e. The molecule has 0 fully saturated rings. The summed E-state index contributed by atoms with van der Waals surface area (Å²) < 4.78 is 20.1. The van der Waals surface area contributed by atoms with E-state index in [9.17, 15) is 4.39 Å². The van der Waals surface area contributed by atoms with Gasteiger partial charge in [0.25, 0.3) is 0 Å². The second kappa shape index (κ2) is 5.65. The lowest BCUT2D eigenvalue weighted by Crippen LogP contribution is -2.30. The number of methoxy groups -OCH3 is 1. The van der Waals surface area contributed by atoms with Crippen molar-refractivity contribution in [2.45, 2.75) is 12.5 Å². The maximum atomic E-state index is 14.1. The van der Waals surface area contributed by atoms with Crippen LogP contribution in [0, 0.1) is 5.82 Å². The van der Waals surface area contributed by atoms with E-state index in [0.29, 0.717) is 0 Å². The Morgan fingerprint density at radius 3 is 2.87 bits per heavy atom. The van der Waals surface area contributed by atoms with Crippen molar-refractivity contribution in [1.82, 2.24) is 10.3 Å². The molecular formula is C18H16BrFN2O. The molecule has 3 nitrogen and oxygen atoms in total. The van der Waals surface area contributed by atoms with Gasteiger partial charge in [-0.05, 0) is 47.9 Å². The van der Waals surface area contributed by atoms with Gasteiger partial charge in [0.05, 0.1) is 13.2 Å². The molecule has 4 rings (SSSR count). The van der Waals surface area contributed by atoms with Crippen LogP contribution in [-0.2, 0) is 6.42 Å². The van der Waals surface area contributed by atoms with Crippen LogP contribution in [0.1, 0.15) is 22.9 Å². The molecule has 0 radical (unpaired) electrons. The highest BCUT2D eigenvalue weighted by Crippen LogP contribution is 2.35. The Balaban J connectivity index is 1.84. The number of halogens is 2. The molecular weight excluding hydrogens is 359 g/mol. The van der Waals surface area contributed by atoms with E-state index in [-0.39, 0.29) is 17.6 Å².